The fourth-order valence-corrected chi connectivity index (χ4v) is 2.68. The first-order valence-corrected chi connectivity index (χ1v) is 6.90. The third-order valence-electron chi connectivity index (χ3n) is 3.07. The molecule has 2 N–H and O–H groups in total. The van der Waals surface area contributed by atoms with Gasteiger partial charge in [0.25, 0.3) is 0 Å². The minimum atomic E-state index is -0.466. The summed E-state index contributed by atoms with van der Waals surface area (Å²) >= 11 is 11.7. The van der Waals surface area contributed by atoms with Crippen molar-refractivity contribution in [2.45, 2.75) is 18.9 Å². The molecule has 2 rings (SSSR count). The number of anilines is 1. The van der Waals surface area contributed by atoms with Gasteiger partial charge in [-0.1, -0.05) is 23.2 Å². The van der Waals surface area contributed by atoms with Crippen LogP contribution in [0.1, 0.15) is 12.8 Å². The molecule has 1 amide bonds. The molecule has 104 valence electrons. The molecular weight excluding hydrogens is 287 g/mol. The Balaban J connectivity index is 1.79. The lowest BCUT2D eigenvalue weighted by Crippen LogP contribution is -2.38. The van der Waals surface area contributed by atoms with Crippen molar-refractivity contribution in [3.05, 3.63) is 28.2 Å². The first kappa shape index (κ1) is 14.4. The second-order valence-corrected chi connectivity index (χ2v) is 5.58. The normalized spacial score (nSPS) is 21.6. The van der Waals surface area contributed by atoms with E-state index in [2.05, 4.69) is 10.6 Å². The average Bonchev–Trinajstić information content (AvgIpc) is 2.24. The summed E-state index contributed by atoms with van der Waals surface area (Å²) in [6, 6.07) is 4.85. The smallest absolute Gasteiger partial charge is 0.411 e. The van der Waals surface area contributed by atoms with Crippen molar-refractivity contribution in [3.8, 4) is 0 Å². The summed E-state index contributed by atoms with van der Waals surface area (Å²) in [6.07, 6.45) is 1.36. The molecule has 0 atom stereocenters. The van der Waals surface area contributed by atoms with Crippen LogP contribution < -0.4 is 10.6 Å². The van der Waals surface area contributed by atoms with Crippen molar-refractivity contribution in [1.82, 2.24) is 5.32 Å². The van der Waals surface area contributed by atoms with E-state index < -0.39 is 6.09 Å². The van der Waals surface area contributed by atoms with Crippen LogP contribution in [0.2, 0.25) is 10.0 Å². The summed E-state index contributed by atoms with van der Waals surface area (Å²) in [5.74, 6) is 0.600. The molecule has 0 aliphatic heterocycles. The Kier molecular flexibility index (Phi) is 4.91. The van der Waals surface area contributed by atoms with E-state index in [1.165, 1.54) is 0 Å². The molecule has 1 aliphatic rings. The number of nitrogens with one attached hydrogen (secondary N) is 2. The Hall–Kier alpha value is -0.970. The van der Waals surface area contributed by atoms with Crippen LogP contribution >= 0.6 is 23.2 Å². The number of benzene rings is 1. The van der Waals surface area contributed by atoms with Gasteiger partial charge in [0.05, 0.1) is 0 Å². The first-order valence-electron chi connectivity index (χ1n) is 6.15. The molecule has 0 aromatic heterocycles. The highest BCUT2D eigenvalue weighted by molar-refractivity contribution is 6.35. The van der Waals surface area contributed by atoms with E-state index in [0.717, 1.165) is 19.4 Å². The molecule has 4 nitrogen and oxygen atoms in total. The van der Waals surface area contributed by atoms with Gasteiger partial charge in [-0.2, -0.15) is 0 Å². The maximum atomic E-state index is 11.7. The minimum Gasteiger partial charge on any atom is -0.446 e. The van der Waals surface area contributed by atoms with E-state index in [-0.39, 0.29) is 6.10 Å². The van der Waals surface area contributed by atoms with E-state index in [1.807, 2.05) is 7.05 Å². The molecule has 0 bridgehead atoms. The molecule has 1 aromatic rings. The third kappa shape index (κ3) is 4.27. The quantitative estimate of drug-likeness (QED) is 0.894. The van der Waals surface area contributed by atoms with Crippen LogP contribution in [0, 0.1) is 5.92 Å². The van der Waals surface area contributed by atoms with Crippen LogP contribution in [-0.2, 0) is 4.74 Å². The second kappa shape index (κ2) is 6.46. The molecule has 19 heavy (non-hydrogen) atoms. The van der Waals surface area contributed by atoms with Gasteiger partial charge >= 0.3 is 6.09 Å². The van der Waals surface area contributed by atoms with Crippen molar-refractivity contribution >= 4 is 35.0 Å². The Morgan fingerprint density at radius 3 is 2.53 bits per heavy atom. The predicted octanol–water partition coefficient (Wildman–Crippen LogP) is 3.54. The van der Waals surface area contributed by atoms with Crippen molar-refractivity contribution in [2.75, 3.05) is 18.9 Å². The lowest BCUT2D eigenvalue weighted by Gasteiger charge is -2.34. The van der Waals surface area contributed by atoms with Gasteiger partial charge < -0.3 is 10.1 Å². The summed E-state index contributed by atoms with van der Waals surface area (Å²) < 4.78 is 5.28. The number of carbonyl (C=O) groups excluding carboxylic acids is 1. The Morgan fingerprint density at radius 2 is 1.95 bits per heavy atom. The summed E-state index contributed by atoms with van der Waals surface area (Å²) in [4.78, 5) is 11.7. The summed E-state index contributed by atoms with van der Waals surface area (Å²) in [6.45, 7) is 0.964. The number of hydrogen-bond donors (Lipinski definition) is 2. The number of hydrogen-bond acceptors (Lipinski definition) is 3. The molecule has 0 spiro atoms. The Labute approximate surface area is 122 Å². The number of rotatable bonds is 4. The zero-order chi connectivity index (χ0) is 13.8. The van der Waals surface area contributed by atoms with Crippen molar-refractivity contribution in [3.63, 3.8) is 0 Å². The zero-order valence-corrected chi connectivity index (χ0v) is 12.1. The van der Waals surface area contributed by atoms with Crippen LogP contribution in [0.25, 0.3) is 0 Å². The first-order chi connectivity index (χ1) is 9.06. The van der Waals surface area contributed by atoms with Crippen molar-refractivity contribution in [2.24, 2.45) is 5.92 Å². The topological polar surface area (TPSA) is 50.4 Å². The molecular formula is C13H16Cl2N2O2. The third-order valence-corrected chi connectivity index (χ3v) is 3.50. The molecule has 0 saturated heterocycles. The van der Waals surface area contributed by atoms with Crippen LogP contribution in [-0.4, -0.2) is 25.8 Å². The van der Waals surface area contributed by atoms with Crippen LogP contribution in [0.3, 0.4) is 0 Å². The minimum absolute atomic E-state index is 0.00741. The maximum absolute atomic E-state index is 11.7. The molecule has 1 fully saturated rings. The Morgan fingerprint density at radius 1 is 1.32 bits per heavy atom. The molecule has 1 saturated carbocycles. The van der Waals surface area contributed by atoms with Crippen molar-refractivity contribution in [1.29, 1.82) is 0 Å². The fourth-order valence-electron chi connectivity index (χ4n) is 2.15. The summed E-state index contributed by atoms with van der Waals surface area (Å²) in [5.41, 5.74) is 0.536. The zero-order valence-electron chi connectivity index (χ0n) is 10.6. The van der Waals surface area contributed by atoms with Crippen LogP contribution in [0.15, 0.2) is 18.2 Å². The molecule has 1 aliphatic carbocycles. The number of amides is 1. The standard InChI is InChI=1S/C13H16Cl2N2O2/c1-16-7-8-2-12(3-8)19-13(18)17-11-5-9(14)4-10(15)6-11/h4-6,8,12,16H,2-3,7H2,1H3,(H,17,18). The molecule has 1 aromatic carbocycles. The lowest BCUT2D eigenvalue weighted by atomic mass is 9.82. The number of halogens is 2. The molecule has 0 radical (unpaired) electrons. The molecule has 0 unspecified atom stereocenters. The highest BCUT2D eigenvalue weighted by Crippen LogP contribution is 2.30. The van der Waals surface area contributed by atoms with E-state index >= 15 is 0 Å². The van der Waals surface area contributed by atoms with Gasteiger partial charge in [0.1, 0.15) is 6.10 Å². The second-order valence-electron chi connectivity index (χ2n) is 4.71. The van der Waals surface area contributed by atoms with Crippen molar-refractivity contribution < 1.29 is 9.53 Å². The maximum Gasteiger partial charge on any atom is 0.411 e. The van der Waals surface area contributed by atoms with Crippen LogP contribution in [0.4, 0.5) is 10.5 Å². The van der Waals surface area contributed by atoms with Gasteiger partial charge in [-0.25, -0.2) is 4.79 Å². The van der Waals surface area contributed by atoms with E-state index in [1.54, 1.807) is 18.2 Å². The van der Waals surface area contributed by atoms with Gasteiger partial charge in [-0.3, -0.25) is 5.32 Å². The highest BCUT2D eigenvalue weighted by Gasteiger charge is 2.31. The van der Waals surface area contributed by atoms with E-state index in [0.29, 0.717) is 21.7 Å². The van der Waals surface area contributed by atoms with Gasteiger partial charge in [0, 0.05) is 15.7 Å². The average molecular weight is 303 g/mol. The predicted molar refractivity (Wildman–Crippen MR) is 77.0 cm³/mol. The van der Waals surface area contributed by atoms with Gasteiger partial charge in [0.2, 0.25) is 0 Å². The largest absolute Gasteiger partial charge is 0.446 e. The highest BCUT2D eigenvalue weighted by atomic mass is 35.5. The number of carbonyl (C=O) groups is 1. The Bertz CT molecular complexity index is 442. The van der Waals surface area contributed by atoms with Gasteiger partial charge in [0.15, 0.2) is 0 Å². The summed E-state index contributed by atoms with van der Waals surface area (Å²) in [5, 5.41) is 6.68. The van der Waals surface area contributed by atoms with Gasteiger partial charge in [-0.15, -0.1) is 0 Å². The fraction of sp³-hybridized carbons (Fsp3) is 0.462. The summed E-state index contributed by atoms with van der Waals surface area (Å²) in [7, 11) is 1.92. The van der Waals surface area contributed by atoms with E-state index in [9.17, 15) is 4.79 Å². The monoisotopic (exact) mass is 302 g/mol. The molecule has 6 heteroatoms. The molecule has 0 heterocycles. The van der Waals surface area contributed by atoms with Crippen LogP contribution in [0.5, 0.6) is 0 Å². The lowest BCUT2D eigenvalue weighted by molar-refractivity contribution is 0.0257. The van der Waals surface area contributed by atoms with E-state index in [4.69, 9.17) is 27.9 Å². The SMILES string of the molecule is CNCC1CC(OC(=O)Nc2cc(Cl)cc(Cl)c2)C1. The van der Waals surface area contributed by atoms with Gasteiger partial charge in [-0.05, 0) is 50.6 Å². The number of ether oxygens (including phenoxy) is 1.